The van der Waals surface area contributed by atoms with E-state index in [0.29, 0.717) is 8.87 Å². The molecule has 0 fully saturated rings. The Hall–Kier alpha value is 1.98. The summed E-state index contributed by atoms with van der Waals surface area (Å²) >= 11 is 0. The van der Waals surface area contributed by atoms with Crippen molar-refractivity contribution in [3.8, 4) is 0 Å². The van der Waals surface area contributed by atoms with E-state index < -0.39 is 0 Å². The van der Waals surface area contributed by atoms with Gasteiger partial charge in [0.15, 0.2) is 0 Å². The van der Waals surface area contributed by atoms with Crippen molar-refractivity contribution in [2.24, 2.45) is 0 Å². The van der Waals surface area contributed by atoms with Crippen LogP contribution in [0.25, 0.3) is 0 Å². The van der Waals surface area contributed by atoms with Crippen molar-refractivity contribution >= 4 is 25.8 Å². The monoisotopic (exact) mass is 198 g/mol. The SMILES string of the molecule is [3H]PPP.[Mo]. The molecule has 0 amide bonds. The summed E-state index contributed by atoms with van der Waals surface area (Å²) in [4.78, 5) is 0. The molecule has 4 heavy (non-hydrogen) atoms. The average Bonchev–Trinajstić information content (AvgIpc) is 1.37. The molecule has 0 saturated carbocycles. The van der Waals surface area contributed by atoms with Gasteiger partial charge in [0.1, 0.15) is 0 Å². The van der Waals surface area contributed by atoms with Gasteiger partial charge in [-0.1, -0.05) is 7.96 Å². The standard InChI is InChI=1S/Mo.H5P3/c;1-3-2/h;3H,1-2H2/i;1T. The Kier molecular flexibility index (Phi) is 13.3. The van der Waals surface area contributed by atoms with E-state index in [4.69, 9.17) is 1.28 Å². The molecule has 0 radical (unpaired) electrons. The maximum Gasteiger partial charge on any atom is 0.0594 e. The van der Waals surface area contributed by atoms with Crippen LogP contribution in [-0.4, -0.2) is 1.28 Å². The zero-order valence-electron chi connectivity index (χ0n) is 2.99. The number of rotatable bonds is 1. The summed E-state index contributed by atoms with van der Waals surface area (Å²) < 4.78 is 6.47. The largest absolute Gasteiger partial charge is 0.110 e. The van der Waals surface area contributed by atoms with Crippen molar-refractivity contribution in [3.63, 3.8) is 0 Å². The van der Waals surface area contributed by atoms with Gasteiger partial charge >= 0.3 is 0 Å². The third-order valence-corrected chi connectivity index (χ3v) is 0. The second-order valence-electron chi connectivity index (χ2n) is 0.144. The van der Waals surface area contributed by atoms with Crippen LogP contribution in [0, 0.1) is 0 Å². The van der Waals surface area contributed by atoms with Crippen LogP contribution in [0.5, 0.6) is 0 Å². The molecule has 0 aromatic rings. The van der Waals surface area contributed by atoms with Crippen LogP contribution in [0.1, 0.15) is 0 Å². The molecule has 0 rings (SSSR count). The smallest absolute Gasteiger partial charge is 0.0594 e. The molecule has 0 aromatic carbocycles. The molecule has 3 atom stereocenters. The van der Waals surface area contributed by atoms with Crippen molar-refractivity contribution in [3.05, 3.63) is 0 Å². The second kappa shape index (κ2) is 8.88. The fourth-order valence-corrected chi connectivity index (χ4v) is 0. The van der Waals surface area contributed by atoms with Gasteiger partial charge in [-0.3, -0.25) is 0 Å². The van der Waals surface area contributed by atoms with Gasteiger partial charge in [0.2, 0.25) is 0 Å². The molecule has 4 heteroatoms. The average molecular weight is 196 g/mol. The van der Waals surface area contributed by atoms with E-state index in [9.17, 15) is 0 Å². The molecule has 0 N–H and O–H groups in total. The maximum absolute atomic E-state index is 6.47. The van der Waals surface area contributed by atoms with Crippen LogP contribution >= 0.6 is 25.8 Å². The molecule has 0 aliphatic heterocycles. The van der Waals surface area contributed by atoms with Gasteiger partial charge in [-0.05, 0) is 0 Å². The van der Waals surface area contributed by atoms with Gasteiger partial charge in [0, 0.05) is 21.1 Å². The van der Waals surface area contributed by atoms with E-state index in [1.54, 1.807) is 0 Å². The summed E-state index contributed by atoms with van der Waals surface area (Å²) in [6, 6.07) is 0. The molecule has 0 aliphatic rings. The van der Waals surface area contributed by atoms with E-state index in [2.05, 4.69) is 8.93 Å². The quantitative estimate of drug-likeness (QED) is 0.437. The number of hydrogen-bond acceptors (Lipinski definition) is 0. The summed E-state index contributed by atoms with van der Waals surface area (Å²) in [5, 5.41) is 0. The first kappa shape index (κ1) is 5.98. The summed E-state index contributed by atoms with van der Waals surface area (Å²) in [5.41, 5.74) is 0. The van der Waals surface area contributed by atoms with Crippen molar-refractivity contribution < 1.29 is 21.1 Å². The molecule has 0 aromatic heterocycles. The third kappa shape index (κ3) is 9.02. The van der Waals surface area contributed by atoms with Crippen LogP contribution in [0.2, 0.25) is 0 Å². The summed E-state index contributed by atoms with van der Waals surface area (Å²) in [6.07, 6.45) is 0. The van der Waals surface area contributed by atoms with Gasteiger partial charge < -0.3 is 0 Å². The van der Waals surface area contributed by atoms with Crippen LogP contribution in [0.15, 0.2) is 0 Å². The minimum atomic E-state index is 0. The predicted molar refractivity (Wildman–Crippen MR) is 27.7 cm³/mol. The molecular formula is H5MoP3. The van der Waals surface area contributed by atoms with Gasteiger partial charge in [-0.2, -0.15) is 0 Å². The van der Waals surface area contributed by atoms with Crippen LogP contribution in [-0.2, 0) is 21.1 Å². The zero-order chi connectivity index (χ0) is 3.41. The minimum Gasteiger partial charge on any atom is -0.110 e. The van der Waals surface area contributed by atoms with Crippen molar-refractivity contribution in [2.45, 2.75) is 0 Å². The Morgan fingerprint density at radius 2 is 2.25 bits per heavy atom. The molecule has 0 spiro atoms. The first-order valence-electron chi connectivity index (χ1n) is 1.04. The zero-order valence-corrected chi connectivity index (χ0v) is 7.15. The third-order valence-electron chi connectivity index (χ3n) is 0. The normalized spacial score (nSPS) is 13.8. The van der Waals surface area contributed by atoms with Crippen molar-refractivity contribution in [1.82, 2.24) is 0 Å². The Labute approximate surface area is 48.4 Å². The Morgan fingerprint density at radius 1 is 2.00 bits per heavy atom. The fourth-order valence-electron chi connectivity index (χ4n) is 0. The van der Waals surface area contributed by atoms with Crippen molar-refractivity contribution in [2.75, 3.05) is 0 Å². The fraction of sp³-hybridized carbons (Fsp3) is 0. The molecule has 0 aliphatic carbocycles. The Bertz CT molecular complexity index is 8.85. The van der Waals surface area contributed by atoms with Gasteiger partial charge in [0.05, 0.1) is 1.28 Å². The van der Waals surface area contributed by atoms with Gasteiger partial charge in [-0.25, -0.2) is 0 Å². The minimum absolute atomic E-state index is 0. The molecule has 26 valence electrons. The van der Waals surface area contributed by atoms with E-state index in [0.717, 1.165) is 7.96 Å². The van der Waals surface area contributed by atoms with E-state index in [-0.39, 0.29) is 21.1 Å². The molecule has 0 nitrogen and oxygen atoms in total. The summed E-state index contributed by atoms with van der Waals surface area (Å²) in [7, 11) is 3.64. The topological polar surface area (TPSA) is 0 Å². The number of hydrogen-bond donors (Lipinski definition) is 0. The summed E-state index contributed by atoms with van der Waals surface area (Å²) in [6.45, 7) is 0. The van der Waals surface area contributed by atoms with E-state index >= 15 is 0 Å². The predicted octanol–water partition coefficient (Wildman–Crippen LogP) is 1.24. The van der Waals surface area contributed by atoms with E-state index in [1.807, 2.05) is 0 Å². The van der Waals surface area contributed by atoms with Gasteiger partial charge in [-0.15, -0.1) is 17.8 Å². The van der Waals surface area contributed by atoms with Crippen LogP contribution in [0.4, 0.5) is 0 Å². The molecular weight excluding hydrogens is 189 g/mol. The van der Waals surface area contributed by atoms with Crippen molar-refractivity contribution in [1.29, 1.82) is 1.28 Å². The first-order chi connectivity index (χ1) is 1.91. The second-order valence-corrected chi connectivity index (χ2v) is 3.90. The molecule has 0 bridgehead atoms. The van der Waals surface area contributed by atoms with Crippen LogP contribution in [0.3, 0.4) is 0 Å². The molecule has 0 heterocycles. The van der Waals surface area contributed by atoms with Gasteiger partial charge in [0.25, 0.3) is 0 Å². The Balaban J connectivity index is 0. The Morgan fingerprint density at radius 3 is 2.25 bits per heavy atom. The maximum atomic E-state index is 6.47. The van der Waals surface area contributed by atoms with E-state index in [1.165, 1.54) is 0 Å². The molecule has 3 unspecified atom stereocenters. The molecule has 0 saturated heterocycles. The summed E-state index contributed by atoms with van der Waals surface area (Å²) in [5.74, 6) is 0. The first-order valence-corrected chi connectivity index (χ1v) is 4.85. The van der Waals surface area contributed by atoms with Crippen LogP contribution < -0.4 is 0 Å².